The summed E-state index contributed by atoms with van der Waals surface area (Å²) in [6, 6.07) is 2.00. The lowest BCUT2D eigenvalue weighted by Gasteiger charge is -2.29. The summed E-state index contributed by atoms with van der Waals surface area (Å²) in [5.74, 6) is 0.693. The number of hydrogen-bond donors (Lipinski definition) is 1. The predicted molar refractivity (Wildman–Crippen MR) is 114 cm³/mol. The number of nitrogens with zero attached hydrogens (tertiary/aromatic N) is 3. The van der Waals surface area contributed by atoms with Crippen LogP contribution in [0.25, 0.3) is 0 Å². The van der Waals surface area contributed by atoms with Crippen molar-refractivity contribution in [1.29, 1.82) is 0 Å². The average molecular weight is 429 g/mol. The first-order valence-corrected chi connectivity index (χ1v) is 11.8. The number of carbonyl (C=O) groups excluding carboxylic acids is 1. The summed E-state index contributed by atoms with van der Waals surface area (Å²) in [6.07, 6.45) is 3.93. The number of H-pyrrole nitrogens is 1. The lowest BCUT2D eigenvalue weighted by atomic mass is 10.1. The Balaban J connectivity index is 1.35. The van der Waals surface area contributed by atoms with Crippen molar-refractivity contribution in [2.24, 2.45) is 0 Å². The number of amides is 1. The largest absolute Gasteiger partial charge is 0.368 e. The van der Waals surface area contributed by atoms with E-state index in [4.69, 9.17) is 9.72 Å². The summed E-state index contributed by atoms with van der Waals surface area (Å²) < 4.78 is 5.60. The Kier molecular flexibility index (Phi) is 5.47. The normalized spacial score (nSPS) is 24.4. The molecule has 2 saturated heterocycles. The molecule has 1 N–H and O–H groups in total. The Labute approximate surface area is 180 Å². The van der Waals surface area contributed by atoms with Gasteiger partial charge in [-0.15, -0.1) is 11.3 Å². The number of rotatable bonds is 4. The molecular formula is C22H28N4O3S. The fraction of sp³-hybridized carbons (Fsp3) is 0.591. The Bertz CT molecular complexity index is 995. The lowest BCUT2D eigenvalue weighted by molar-refractivity contribution is -0.142. The monoisotopic (exact) mass is 428 g/mol. The molecule has 7 nitrogen and oxygen atoms in total. The number of carbonyl (C=O) groups is 1. The maximum atomic E-state index is 12.9. The second kappa shape index (κ2) is 8.24. The number of thiophene rings is 1. The van der Waals surface area contributed by atoms with Gasteiger partial charge in [-0.2, -0.15) is 0 Å². The predicted octanol–water partition coefficient (Wildman–Crippen LogP) is 2.54. The van der Waals surface area contributed by atoms with Crippen molar-refractivity contribution in [1.82, 2.24) is 19.8 Å². The quantitative estimate of drug-likeness (QED) is 0.810. The number of fused-ring (bicyclic) bond motifs is 1. The molecule has 5 heterocycles. The highest BCUT2D eigenvalue weighted by molar-refractivity contribution is 7.10. The van der Waals surface area contributed by atoms with Crippen LogP contribution in [0.15, 0.2) is 16.2 Å². The van der Waals surface area contributed by atoms with Gasteiger partial charge in [-0.05, 0) is 49.6 Å². The van der Waals surface area contributed by atoms with Crippen molar-refractivity contribution >= 4 is 17.2 Å². The number of nitrogens with one attached hydrogen (secondary N) is 1. The zero-order valence-electron chi connectivity index (χ0n) is 17.4. The molecule has 2 aromatic rings. The second-order valence-electron chi connectivity index (χ2n) is 8.56. The van der Waals surface area contributed by atoms with E-state index in [0.717, 1.165) is 56.5 Å². The van der Waals surface area contributed by atoms with Crippen LogP contribution < -0.4 is 5.56 Å². The smallest absolute Gasteiger partial charge is 0.255 e. The van der Waals surface area contributed by atoms with Crippen molar-refractivity contribution in [3.8, 4) is 0 Å². The second-order valence-corrected chi connectivity index (χ2v) is 9.56. The van der Waals surface area contributed by atoms with Gasteiger partial charge in [-0.25, -0.2) is 4.98 Å². The molecule has 160 valence electrons. The molecule has 2 fully saturated rings. The van der Waals surface area contributed by atoms with Gasteiger partial charge < -0.3 is 14.6 Å². The summed E-state index contributed by atoms with van der Waals surface area (Å²) in [7, 11) is 0. The maximum Gasteiger partial charge on any atom is 0.255 e. The van der Waals surface area contributed by atoms with E-state index in [2.05, 4.69) is 28.3 Å². The summed E-state index contributed by atoms with van der Waals surface area (Å²) in [5, 5.41) is 2.12. The summed E-state index contributed by atoms with van der Waals surface area (Å²) in [4.78, 5) is 39.3. The summed E-state index contributed by atoms with van der Waals surface area (Å²) in [5.41, 5.74) is 2.92. The average Bonchev–Trinajstić information content (AvgIpc) is 3.50. The standard InChI is InChI=1S/C22H28N4O3S/c1-14-7-11-30-19(14)13-25-9-6-16-15(12-25)21(27)24-20(23-16)17-4-2-8-26(17)22(28)18-5-3-10-29-18/h7,11,17-18H,2-6,8-10,12-13H2,1H3,(H,23,24,27). The van der Waals surface area contributed by atoms with Gasteiger partial charge in [-0.1, -0.05) is 0 Å². The van der Waals surface area contributed by atoms with E-state index in [9.17, 15) is 9.59 Å². The fourth-order valence-corrected chi connectivity index (χ4v) is 5.78. The molecule has 0 spiro atoms. The van der Waals surface area contributed by atoms with Crippen LogP contribution in [0.2, 0.25) is 0 Å². The van der Waals surface area contributed by atoms with Crippen LogP contribution >= 0.6 is 11.3 Å². The molecule has 2 unspecified atom stereocenters. The van der Waals surface area contributed by atoms with E-state index < -0.39 is 0 Å². The Hall–Kier alpha value is -2.03. The molecule has 0 bridgehead atoms. The SMILES string of the molecule is Cc1ccsc1CN1CCc2nc(C3CCCN3C(=O)C3CCCO3)[nH]c(=O)c2C1. The Morgan fingerprint density at radius 2 is 2.23 bits per heavy atom. The molecule has 8 heteroatoms. The summed E-state index contributed by atoms with van der Waals surface area (Å²) >= 11 is 1.77. The molecule has 30 heavy (non-hydrogen) atoms. The first-order valence-electron chi connectivity index (χ1n) is 10.9. The van der Waals surface area contributed by atoms with Crippen molar-refractivity contribution in [2.75, 3.05) is 19.7 Å². The number of aryl methyl sites for hydroxylation is 1. The minimum absolute atomic E-state index is 0.0489. The third-order valence-corrected chi connectivity index (χ3v) is 7.57. The van der Waals surface area contributed by atoms with Crippen LogP contribution in [0.5, 0.6) is 0 Å². The van der Waals surface area contributed by atoms with E-state index in [1.54, 1.807) is 11.3 Å². The molecule has 0 radical (unpaired) electrons. The third kappa shape index (κ3) is 3.72. The van der Waals surface area contributed by atoms with Crippen molar-refractivity contribution < 1.29 is 9.53 Å². The molecular weight excluding hydrogens is 400 g/mol. The highest BCUT2D eigenvalue weighted by Gasteiger charge is 2.37. The van der Waals surface area contributed by atoms with Gasteiger partial charge in [0, 0.05) is 44.1 Å². The van der Waals surface area contributed by atoms with Crippen molar-refractivity contribution in [3.05, 3.63) is 49.3 Å². The van der Waals surface area contributed by atoms with Gasteiger partial charge in [-0.3, -0.25) is 14.5 Å². The fourth-order valence-electron chi connectivity index (χ4n) is 4.83. The lowest BCUT2D eigenvalue weighted by Crippen LogP contribution is -2.40. The molecule has 1 amide bonds. The van der Waals surface area contributed by atoms with Gasteiger partial charge in [0.25, 0.3) is 11.5 Å². The van der Waals surface area contributed by atoms with Gasteiger partial charge in [0.1, 0.15) is 11.9 Å². The number of likely N-dealkylation sites (tertiary alicyclic amines) is 1. The van der Waals surface area contributed by atoms with E-state index in [0.29, 0.717) is 25.5 Å². The van der Waals surface area contributed by atoms with Gasteiger partial charge in [0.05, 0.1) is 17.3 Å². The van der Waals surface area contributed by atoms with Crippen LogP contribution in [0.1, 0.15) is 59.2 Å². The number of aromatic nitrogens is 2. The molecule has 2 atom stereocenters. The van der Waals surface area contributed by atoms with E-state index in [1.165, 1.54) is 10.4 Å². The number of aromatic amines is 1. The van der Waals surface area contributed by atoms with Crippen molar-refractivity contribution in [3.63, 3.8) is 0 Å². The van der Waals surface area contributed by atoms with Gasteiger partial charge in [0.2, 0.25) is 0 Å². The highest BCUT2D eigenvalue weighted by atomic mass is 32.1. The van der Waals surface area contributed by atoms with Crippen LogP contribution in [0.3, 0.4) is 0 Å². The number of hydrogen-bond acceptors (Lipinski definition) is 6. The van der Waals surface area contributed by atoms with Crippen LogP contribution in [0, 0.1) is 6.92 Å². The molecule has 3 aliphatic heterocycles. The van der Waals surface area contributed by atoms with Crippen molar-refractivity contribution in [2.45, 2.75) is 64.3 Å². The molecule has 5 rings (SSSR count). The first-order chi connectivity index (χ1) is 14.6. The zero-order valence-corrected chi connectivity index (χ0v) is 18.2. The Morgan fingerprint density at radius 3 is 3.00 bits per heavy atom. The molecule has 0 aromatic carbocycles. The zero-order chi connectivity index (χ0) is 20.7. The topological polar surface area (TPSA) is 78.5 Å². The molecule has 0 saturated carbocycles. The van der Waals surface area contributed by atoms with Gasteiger partial charge in [0.15, 0.2) is 0 Å². The highest BCUT2D eigenvalue weighted by Crippen LogP contribution is 2.32. The van der Waals surface area contributed by atoms with Crippen LogP contribution in [-0.2, 0) is 29.0 Å². The molecule has 2 aromatic heterocycles. The maximum absolute atomic E-state index is 12.9. The molecule has 0 aliphatic carbocycles. The summed E-state index contributed by atoms with van der Waals surface area (Å²) in [6.45, 7) is 5.89. The van der Waals surface area contributed by atoms with E-state index in [-0.39, 0.29) is 23.6 Å². The first kappa shape index (κ1) is 19.9. The Morgan fingerprint density at radius 1 is 1.33 bits per heavy atom. The molecule has 3 aliphatic rings. The van der Waals surface area contributed by atoms with E-state index >= 15 is 0 Å². The van der Waals surface area contributed by atoms with Gasteiger partial charge >= 0.3 is 0 Å². The minimum atomic E-state index is -0.329. The van der Waals surface area contributed by atoms with Crippen LogP contribution in [-0.4, -0.2) is 51.5 Å². The van der Waals surface area contributed by atoms with E-state index in [1.807, 2.05) is 4.90 Å². The minimum Gasteiger partial charge on any atom is -0.368 e. The number of ether oxygens (including phenoxy) is 1. The third-order valence-electron chi connectivity index (χ3n) is 6.56. The van der Waals surface area contributed by atoms with Crippen LogP contribution in [0.4, 0.5) is 0 Å².